The lowest BCUT2D eigenvalue weighted by atomic mass is 9.98. The van der Waals surface area contributed by atoms with E-state index in [1.165, 1.54) is 24.1 Å². The van der Waals surface area contributed by atoms with Gasteiger partial charge < -0.3 is 4.90 Å². The largest absolute Gasteiger partial charge is 0.345 e. The molecule has 0 spiro atoms. The first kappa shape index (κ1) is 18.4. The zero-order valence-electron chi connectivity index (χ0n) is 16.3. The van der Waals surface area contributed by atoms with Crippen LogP contribution >= 0.6 is 0 Å². The van der Waals surface area contributed by atoms with Crippen LogP contribution in [0.2, 0.25) is 0 Å². The number of aromatic nitrogens is 5. The maximum absolute atomic E-state index is 12.1. The number of nitrogens with one attached hydrogen (secondary N) is 1. The lowest BCUT2D eigenvalue weighted by Crippen LogP contribution is -2.26. The third-order valence-electron chi connectivity index (χ3n) is 5.30. The van der Waals surface area contributed by atoms with Crippen LogP contribution in [0.15, 0.2) is 41.5 Å². The molecule has 7 nitrogen and oxygen atoms in total. The molecule has 7 heteroatoms. The van der Waals surface area contributed by atoms with Crippen molar-refractivity contribution >= 4 is 5.95 Å². The quantitative estimate of drug-likeness (QED) is 0.682. The molecule has 0 fully saturated rings. The molecule has 1 aliphatic rings. The number of aryl methyl sites for hydroxylation is 3. The Morgan fingerprint density at radius 3 is 2.93 bits per heavy atom. The van der Waals surface area contributed by atoms with Gasteiger partial charge in [-0.25, -0.2) is 4.98 Å². The van der Waals surface area contributed by atoms with Crippen molar-refractivity contribution in [2.24, 2.45) is 0 Å². The van der Waals surface area contributed by atoms with Gasteiger partial charge in [-0.2, -0.15) is 5.10 Å². The molecule has 0 unspecified atom stereocenters. The van der Waals surface area contributed by atoms with E-state index in [0.717, 1.165) is 43.7 Å². The van der Waals surface area contributed by atoms with Gasteiger partial charge in [-0.1, -0.05) is 6.07 Å². The molecule has 0 radical (unpaired) electrons. The first-order chi connectivity index (χ1) is 13.7. The highest BCUT2D eigenvalue weighted by molar-refractivity contribution is 5.29. The van der Waals surface area contributed by atoms with Gasteiger partial charge in [-0.15, -0.1) is 0 Å². The first-order valence-electron chi connectivity index (χ1n) is 9.94. The molecule has 3 aromatic rings. The van der Waals surface area contributed by atoms with E-state index in [2.05, 4.69) is 24.7 Å². The average molecular weight is 378 g/mol. The summed E-state index contributed by atoms with van der Waals surface area (Å²) in [7, 11) is 1.94. The minimum atomic E-state index is -0.118. The van der Waals surface area contributed by atoms with Gasteiger partial charge in [0.05, 0.1) is 11.9 Å². The number of H-pyrrole nitrogens is 1. The third kappa shape index (κ3) is 4.30. The Kier molecular flexibility index (Phi) is 5.50. The lowest BCUT2D eigenvalue weighted by Gasteiger charge is -2.18. The van der Waals surface area contributed by atoms with Crippen molar-refractivity contribution < 1.29 is 0 Å². The molecule has 0 saturated carbocycles. The topological polar surface area (TPSA) is 79.7 Å². The zero-order valence-corrected chi connectivity index (χ0v) is 16.3. The molecular weight excluding hydrogens is 352 g/mol. The van der Waals surface area contributed by atoms with E-state index in [1.54, 1.807) is 12.3 Å². The van der Waals surface area contributed by atoms with Crippen LogP contribution in [0, 0.1) is 0 Å². The summed E-state index contributed by atoms with van der Waals surface area (Å²) >= 11 is 0. The Hall–Kier alpha value is -2.96. The number of aromatic amines is 1. The maximum atomic E-state index is 12.1. The van der Waals surface area contributed by atoms with Gasteiger partial charge in [0.1, 0.15) is 0 Å². The van der Waals surface area contributed by atoms with Crippen molar-refractivity contribution in [2.75, 3.05) is 18.5 Å². The van der Waals surface area contributed by atoms with Gasteiger partial charge in [0.25, 0.3) is 5.56 Å². The van der Waals surface area contributed by atoms with Crippen molar-refractivity contribution in [3.05, 3.63) is 69.7 Å². The number of hydrogen-bond donors (Lipinski definition) is 1. The Balaban J connectivity index is 1.42. The fourth-order valence-corrected chi connectivity index (χ4v) is 3.71. The Labute approximate surface area is 164 Å². The smallest absolute Gasteiger partial charge is 0.252 e. The summed E-state index contributed by atoms with van der Waals surface area (Å²) in [6.07, 6.45) is 9.99. The van der Waals surface area contributed by atoms with E-state index < -0.39 is 0 Å². The molecule has 0 aliphatic heterocycles. The van der Waals surface area contributed by atoms with Crippen molar-refractivity contribution in [2.45, 2.75) is 45.1 Å². The van der Waals surface area contributed by atoms with Crippen LogP contribution in [-0.4, -0.2) is 38.3 Å². The highest BCUT2D eigenvalue weighted by Gasteiger charge is 2.15. The number of hydrogen-bond acceptors (Lipinski definition) is 5. The fraction of sp³-hybridized carbons (Fsp3) is 0.429. The summed E-state index contributed by atoms with van der Waals surface area (Å²) in [6.45, 7) is 1.49. The second-order valence-corrected chi connectivity index (χ2v) is 7.35. The first-order valence-corrected chi connectivity index (χ1v) is 9.94. The lowest BCUT2D eigenvalue weighted by molar-refractivity contribution is 0.553. The Morgan fingerprint density at radius 1 is 1.18 bits per heavy atom. The second-order valence-electron chi connectivity index (χ2n) is 7.35. The minimum Gasteiger partial charge on any atom is -0.345 e. The number of fused-ring (bicyclic) bond motifs is 1. The Morgan fingerprint density at radius 2 is 2.07 bits per heavy atom. The minimum absolute atomic E-state index is 0.118. The number of likely N-dealkylation sites (N-methyl/N-ethyl adjacent to an activating group) is 1. The highest BCUT2D eigenvalue weighted by atomic mass is 16.1. The third-order valence-corrected chi connectivity index (χ3v) is 5.30. The summed E-state index contributed by atoms with van der Waals surface area (Å²) in [5.41, 5.74) is 4.43. The average Bonchev–Trinajstić information content (AvgIpc) is 3.14. The standard InChI is InChI=1S/C21H26N6O/c1-26(12-9-17-7-4-5-11-22-17)21-24-18(14-20(28)25-21)10-13-27-19-8-3-2-6-16(19)15-23-27/h4-5,7,11,14-15H,2-3,6,8-10,12-13H2,1H3,(H,24,25,28). The van der Waals surface area contributed by atoms with Crippen molar-refractivity contribution in [3.63, 3.8) is 0 Å². The fourth-order valence-electron chi connectivity index (χ4n) is 3.71. The summed E-state index contributed by atoms with van der Waals surface area (Å²) < 4.78 is 2.09. The van der Waals surface area contributed by atoms with Crippen molar-refractivity contribution in [3.8, 4) is 0 Å². The normalized spacial score (nSPS) is 13.3. The van der Waals surface area contributed by atoms with Gasteiger partial charge in [-0.3, -0.25) is 19.4 Å². The van der Waals surface area contributed by atoms with Crippen LogP contribution in [-0.2, 0) is 32.2 Å². The molecule has 3 aromatic heterocycles. The number of nitrogens with zero attached hydrogens (tertiary/aromatic N) is 5. The van der Waals surface area contributed by atoms with Crippen LogP contribution in [0.1, 0.15) is 35.5 Å². The van der Waals surface area contributed by atoms with Crippen molar-refractivity contribution in [1.82, 2.24) is 24.7 Å². The molecule has 0 atom stereocenters. The molecule has 0 bridgehead atoms. The monoisotopic (exact) mass is 378 g/mol. The molecule has 0 amide bonds. The van der Waals surface area contributed by atoms with Crippen LogP contribution in [0.5, 0.6) is 0 Å². The number of pyridine rings is 1. The molecule has 3 heterocycles. The summed E-state index contributed by atoms with van der Waals surface area (Å²) in [5, 5.41) is 4.54. The number of rotatable bonds is 7. The van der Waals surface area contributed by atoms with E-state index in [-0.39, 0.29) is 5.56 Å². The molecule has 1 aliphatic carbocycles. The van der Waals surface area contributed by atoms with E-state index >= 15 is 0 Å². The SMILES string of the molecule is CN(CCc1ccccn1)c1nc(CCn2ncc3c2CCCC3)cc(=O)[nH]1. The number of anilines is 1. The molecule has 0 aromatic carbocycles. The summed E-state index contributed by atoms with van der Waals surface area (Å²) in [5.74, 6) is 0.598. The maximum Gasteiger partial charge on any atom is 0.252 e. The van der Waals surface area contributed by atoms with E-state index in [0.29, 0.717) is 12.4 Å². The van der Waals surface area contributed by atoms with Gasteiger partial charge in [0.15, 0.2) is 0 Å². The second kappa shape index (κ2) is 8.37. The van der Waals surface area contributed by atoms with E-state index in [1.807, 2.05) is 36.3 Å². The summed E-state index contributed by atoms with van der Waals surface area (Å²) in [4.78, 5) is 25.9. The highest BCUT2D eigenvalue weighted by Crippen LogP contribution is 2.20. The van der Waals surface area contributed by atoms with Gasteiger partial charge in [0, 0.05) is 56.6 Å². The molecule has 28 heavy (non-hydrogen) atoms. The molecule has 0 saturated heterocycles. The van der Waals surface area contributed by atoms with Gasteiger partial charge >= 0.3 is 0 Å². The van der Waals surface area contributed by atoms with Crippen LogP contribution in [0.4, 0.5) is 5.95 Å². The zero-order chi connectivity index (χ0) is 19.3. The molecule has 1 N–H and O–H groups in total. The Bertz CT molecular complexity index is 978. The predicted molar refractivity (Wildman–Crippen MR) is 109 cm³/mol. The van der Waals surface area contributed by atoms with Crippen LogP contribution < -0.4 is 10.5 Å². The predicted octanol–water partition coefficient (Wildman–Crippen LogP) is 2.16. The van der Waals surface area contributed by atoms with E-state index in [4.69, 9.17) is 0 Å². The van der Waals surface area contributed by atoms with Gasteiger partial charge in [-0.05, 0) is 43.4 Å². The molecule has 146 valence electrons. The van der Waals surface area contributed by atoms with Crippen LogP contribution in [0.25, 0.3) is 0 Å². The molecular formula is C21H26N6O. The molecule has 4 rings (SSSR count). The summed E-state index contributed by atoms with van der Waals surface area (Å²) in [6, 6.07) is 7.49. The van der Waals surface area contributed by atoms with Gasteiger partial charge in [0.2, 0.25) is 5.95 Å². The van der Waals surface area contributed by atoms with Crippen molar-refractivity contribution in [1.29, 1.82) is 0 Å². The van der Waals surface area contributed by atoms with Crippen LogP contribution in [0.3, 0.4) is 0 Å². The van der Waals surface area contributed by atoms with E-state index in [9.17, 15) is 4.79 Å².